The van der Waals surface area contributed by atoms with E-state index in [0.717, 1.165) is 6.42 Å². The van der Waals surface area contributed by atoms with E-state index in [1.807, 2.05) is 0 Å². The van der Waals surface area contributed by atoms with Gasteiger partial charge in [0.05, 0.1) is 5.41 Å². The Balaban J connectivity index is 2.63. The summed E-state index contributed by atoms with van der Waals surface area (Å²) in [6.07, 6.45) is 1.53. The fourth-order valence-corrected chi connectivity index (χ4v) is 2.10. The largest absolute Gasteiger partial charge is 0.481 e. The van der Waals surface area contributed by atoms with Crippen LogP contribution >= 0.6 is 0 Å². The molecule has 0 aromatic rings. The van der Waals surface area contributed by atoms with Crippen LogP contribution in [0.25, 0.3) is 0 Å². The molecule has 98 valence electrons. The zero-order valence-corrected chi connectivity index (χ0v) is 10.9. The van der Waals surface area contributed by atoms with E-state index in [-0.39, 0.29) is 6.04 Å². The Morgan fingerprint density at radius 1 is 1.41 bits per heavy atom. The number of carbonyl (C=O) groups excluding carboxylic acids is 1. The zero-order chi connectivity index (χ0) is 13.3. The molecule has 0 heterocycles. The summed E-state index contributed by atoms with van der Waals surface area (Å²) < 4.78 is 5.13. The first-order valence-electron chi connectivity index (χ1n) is 5.88. The summed E-state index contributed by atoms with van der Waals surface area (Å²) in [5.41, 5.74) is -1.45. The Kier molecular flexibility index (Phi) is 3.69. The summed E-state index contributed by atoms with van der Waals surface area (Å²) in [5.74, 6) is -0.865. The SMILES string of the molecule is CC(C)(C)OC(=O)N[C@H]1CCC[C@]1(C)C(=O)O. The lowest BCUT2D eigenvalue weighted by molar-refractivity contribution is -0.148. The standard InChI is InChI=1S/C12H21NO4/c1-11(2,3)17-10(16)13-8-6-5-7-12(8,4)9(14)15/h8H,5-7H2,1-4H3,(H,13,16)(H,14,15)/t8-,12-/m0/s1. The molecule has 5 heteroatoms. The van der Waals surface area contributed by atoms with E-state index in [1.54, 1.807) is 27.7 Å². The molecule has 17 heavy (non-hydrogen) atoms. The molecule has 0 saturated heterocycles. The quantitative estimate of drug-likeness (QED) is 0.779. The fourth-order valence-electron chi connectivity index (χ4n) is 2.10. The number of carbonyl (C=O) groups is 2. The van der Waals surface area contributed by atoms with Crippen LogP contribution in [0.4, 0.5) is 4.79 Å². The lowest BCUT2D eigenvalue weighted by Gasteiger charge is -2.29. The van der Waals surface area contributed by atoms with Crippen LogP contribution in [0.5, 0.6) is 0 Å². The van der Waals surface area contributed by atoms with Gasteiger partial charge in [-0.05, 0) is 40.5 Å². The van der Waals surface area contributed by atoms with Gasteiger partial charge in [-0.25, -0.2) is 4.79 Å². The van der Waals surface area contributed by atoms with E-state index in [9.17, 15) is 14.7 Å². The van der Waals surface area contributed by atoms with E-state index in [0.29, 0.717) is 12.8 Å². The predicted octanol–water partition coefficient (Wildman–Crippen LogP) is 2.15. The summed E-state index contributed by atoms with van der Waals surface area (Å²) in [4.78, 5) is 22.8. The lowest BCUT2D eigenvalue weighted by Crippen LogP contribution is -2.48. The first-order chi connectivity index (χ1) is 7.65. The van der Waals surface area contributed by atoms with Crippen LogP contribution in [0.2, 0.25) is 0 Å². The molecule has 1 aliphatic rings. The number of amides is 1. The molecule has 1 fully saturated rings. The van der Waals surface area contributed by atoms with Gasteiger partial charge in [-0.15, -0.1) is 0 Å². The first kappa shape index (κ1) is 13.8. The second-order valence-electron chi connectivity index (χ2n) is 5.81. The Labute approximate surface area is 102 Å². The smallest absolute Gasteiger partial charge is 0.407 e. The van der Waals surface area contributed by atoms with Crippen molar-refractivity contribution in [2.24, 2.45) is 5.41 Å². The molecule has 2 atom stereocenters. The van der Waals surface area contributed by atoms with Crippen molar-refractivity contribution in [2.75, 3.05) is 0 Å². The topological polar surface area (TPSA) is 75.6 Å². The molecule has 0 aliphatic heterocycles. The zero-order valence-electron chi connectivity index (χ0n) is 10.9. The second kappa shape index (κ2) is 4.55. The molecule has 0 spiro atoms. The van der Waals surface area contributed by atoms with Gasteiger partial charge >= 0.3 is 12.1 Å². The van der Waals surface area contributed by atoms with Gasteiger partial charge in [-0.3, -0.25) is 4.79 Å². The van der Waals surface area contributed by atoms with E-state index in [4.69, 9.17) is 4.74 Å². The third-order valence-electron chi connectivity index (χ3n) is 3.14. The molecule has 1 saturated carbocycles. The van der Waals surface area contributed by atoms with Crippen LogP contribution in [0, 0.1) is 5.41 Å². The van der Waals surface area contributed by atoms with Crippen molar-refractivity contribution >= 4 is 12.1 Å². The molecular formula is C12H21NO4. The van der Waals surface area contributed by atoms with Crippen LogP contribution in [0.3, 0.4) is 0 Å². The van der Waals surface area contributed by atoms with Crippen LogP contribution in [0.15, 0.2) is 0 Å². The minimum atomic E-state index is -0.878. The average molecular weight is 243 g/mol. The molecule has 5 nitrogen and oxygen atoms in total. The normalized spacial score (nSPS) is 28.8. The minimum absolute atomic E-state index is 0.352. The second-order valence-corrected chi connectivity index (χ2v) is 5.81. The highest BCUT2D eigenvalue weighted by Gasteiger charge is 2.46. The summed E-state index contributed by atoms with van der Waals surface area (Å²) in [7, 11) is 0. The number of aliphatic carboxylic acids is 1. The van der Waals surface area contributed by atoms with Gasteiger partial charge in [0, 0.05) is 6.04 Å². The number of hydrogen-bond acceptors (Lipinski definition) is 3. The number of hydrogen-bond donors (Lipinski definition) is 2. The molecule has 0 bridgehead atoms. The maximum absolute atomic E-state index is 11.6. The van der Waals surface area contributed by atoms with Crippen molar-refractivity contribution in [3.8, 4) is 0 Å². The van der Waals surface area contributed by atoms with E-state index >= 15 is 0 Å². The maximum atomic E-state index is 11.6. The minimum Gasteiger partial charge on any atom is -0.481 e. The molecule has 1 aliphatic carbocycles. The van der Waals surface area contributed by atoms with Crippen molar-refractivity contribution in [2.45, 2.75) is 58.6 Å². The first-order valence-corrected chi connectivity index (χ1v) is 5.88. The highest BCUT2D eigenvalue weighted by molar-refractivity contribution is 5.77. The number of alkyl carbamates (subject to hydrolysis) is 1. The number of ether oxygens (including phenoxy) is 1. The molecule has 2 N–H and O–H groups in total. The highest BCUT2D eigenvalue weighted by atomic mass is 16.6. The molecule has 0 radical (unpaired) electrons. The summed E-state index contributed by atoms with van der Waals surface area (Å²) in [6.45, 7) is 7.00. The Morgan fingerprint density at radius 2 is 2.00 bits per heavy atom. The number of nitrogens with one attached hydrogen (secondary N) is 1. The van der Waals surface area contributed by atoms with E-state index < -0.39 is 23.1 Å². The van der Waals surface area contributed by atoms with Gasteiger partial charge < -0.3 is 15.2 Å². The third-order valence-corrected chi connectivity index (χ3v) is 3.14. The van der Waals surface area contributed by atoms with Gasteiger partial charge in [0.15, 0.2) is 0 Å². The maximum Gasteiger partial charge on any atom is 0.407 e. The van der Waals surface area contributed by atoms with Gasteiger partial charge in [0.2, 0.25) is 0 Å². The summed E-state index contributed by atoms with van der Waals surface area (Å²) >= 11 is 0. The van der Waals surface area contributed by atoms with Gasteiger partial charge in [0.1, 0.15) is 5.60 Å². The van der Waals surface area contributed by atoms with E-state index in [2.05, 4.69) is 5.32 Å². The third kappa shape index (κ3) is 3.35. The average Bonchev–Trinajstić information content (AvgIpc) is 2.45. The van der Waals surface area contributed by atoms with E-state index in [1.165, 1.54) is 0 Å². The molecule has 0 aromatic heterocycles. The van der Waals surface area contributed by atoms with Crippen LogP contribution in [-0.4, -0.2) is 28.8 Å². The summed E-state index contributed by atoms with van der Waals surface area (Å²) in [6, 6.07) is -0.352. The Bertz CT molecular complexity index is 321. The predicted molar refractivity (Wildman–Crippen MR) is 62.8 cm³/mol. The lowest BCUT2D eigenvalue weighted by atomic mass is 9.85. The number of rotatable bonds is 2. The number of carboxylic acids is 1. The van der Waals surface area contributed by atoms with Crippen molar-refractivity contribution in [3.63, 3.8) is 0 Å². The van der Waals surface area contributed by atoms with Crippen molar-refractivity contribution in [1.82, 2.24) is 5.32 Å². The molecule has 1 rings (SSSR count). The summed E-state index contributed by atoms with van der Waals surface area (Å²) in [5, 5.41) is 11.9. The van der Waals surface area contributed by atoms with Crippen LogP contribution in [-0.2, 0) is 9.53 Å². The Hall–Kier alpha value is -1.26. The Morgan fingerprint density at radius 3 is 2.47 bits per heavy atom. The van der Waals surface area contributed by atoms with Gasteiger partial charge in [-0.1, -0.05) is 6.42 Å². The van der Waals surface area contributed by atoms with Crippen LogP contribution in [0.1, 0.15) is 47.0 Å². The molecule has 0 unspecified atom stereocenters. The fraction of sp³-hybridized carbons (Fsp3) is 0.833. The molecule has 0 aromatic carbocycles. The molecule has 1 amide bonds. The number of carboxylic acid groups (broad SMARTS) is 1. The van der Waals surface area contributed by atoms with Crippen molar-refractivity contribution < 1.29 is 19.4 Å². The van der Waals surface area contributed by atoms with Gasteiger partial charge in [0.25, 0.3) is 0 Å². The molecular weight excluding hydrogens is 222 g/mol. The van der Waals surface area contributed by atoms with Crippen molar-refractivity contribution in [1.29, 1.82) is 0 Å². The van der Waals surface area contributed by atoms with Crippen molar-refractivity contribution in [3.05, 3.63) is 0 Å². The monoisotopic (exact) mass is 243 g/mol. The van der Waals surface area contributed by atoms with Gasteiger partial charge in [-0.2, -0.15) is 0 Å². The van der Waals surface area contributed by atoms with Crippen LogP contribution < -0.4 is 5.32 Å². The highest BCUT2D eigenvalue weighted by Crippen LogP contribution is 2.38.